The molecule has 4 nitrogen and oxygen atoms in total. The van der Waals surface area contributed by atoms with Crippen LogP contribution in [0.4, 0.5) is 0 Å². The Morgan fingerprint density at radius 3 is 1.47 bits per heavy atom. The third-order valence-corrected chi connectivity index (χ3v) is 5.63. The van der Waals surface area contributed by atoms with Crippen LogP contribution < -0.4 is 0 Å². The van der Waals surface area contributed by atoms with Crippen molar-refractivity contribution in [2.45, 2.75) is 48.4 Å². The van der Waals surface area contributed by atoms with Gasteiger partial charge in [0.2, 0.25) is 0 Å². The third kappa shape index (κ3) is 20.0. The zero-order chi connectivity index (χ0) is 12.1. The summed E-state index contributed by atoms with van der Waals surface area (Å²) in [6.07, 6.45) is 5.84. The monoisotopic (exact) mass is 324 g/mol. The second kappa shape index (κ2) is 13.7. The number of hydrogen-bond acceptors (Lipinski definition) is 2. The minimum Gasteiger partial charge on any atom is -0.473 e. The van der Waals surface area contributed by atoms with E-state index in [9.17, 15) is 0 Å². The molecule has 0 aliphatic carbocycles. The molecule has 0 aromatic heterocycles. The Bertz CT molecular complexity index is 153. The molecule has 5 heteroatoms. The molecule has 0 aliphatic heterocycles. The van der Waals surface area contributed by atoms with Crippen LogP contribution in [-0.2, 0) is 9.59 Å². The molecule has 0 unspecified atom stereocenters. The van der Waals surface area contributed by atoms with Crippen LogP contribution in [0.5, 0.6) is 0 Å². The van der Waals surface area contributed by atoms with Crippen LogP contribution >= 0.6 is 0 Å². The number of carboxylic acids is 2. The van der Waals surface area contributed by atoms with Gasteiger partial charge in [0.05, 0.1) is 0 Å². The van der Waals surface area contributed by atoms with Gasteiger partial charge in [0.25, 0.3) is 0 Å². The van der Waals surface area contributed by atoms with Gasteiger partial charge < -0.3 is 10.2 Å². The zero-order valence-corrected chi connectivity index (χ0v) is 12.3. The van der Waals surface area contributed by atoms with E-state index >= 15 is 0 Å². The standard InChI is InChI=1S/2C4H9.C2H2O4.Sn/c2*1-3-4-2;3-1(4)2(5)6;/h2*1,3-4H2,2H3;(H,3,4)(H,5,6);. The zero-order valence-electron chi connectivity index (χ0n) is 9.45. The van der Waals surface area contributed by atoms with Gasteiger partial charge in [-0.2, -0.15) is 0 Å². The number of carbonyl (C=O) groups is 2. The van der Waals surface area contributed by atoms with Crippen LogP contribution in [0, 0.1) is 0 Å². The minimum atomic E-state index is -1.82. The summed E-state index contributed by atoms with van der Waals surface area (Å²) in [5, 5.41) is 14.8. The van der Waals surface area contributed by atoms with E-state index in [0.717, 1.165) is 0 Å². The fourth-order valence-corrected chi connectivity index (χ4v) is 4.89. The summed E-state index contributed by atoms with van der Waals surface area (Å²) in [6.45, 7) is 4.58. The van der Waals surface area contributed by atoms with Crippen molar-refractivity contribution in [2.75, 3.05) is 0 Å². The number of aliphatic carboxylic acids is 2. The smallest absolute Gasteiger partial charge is 0.414 e. The van der Waals surface area contributed by atoms with Crippen LogP contribution in [0.15, 0.2) is 0 Å². The van der Waals surface area contributed by atoms with Crippen molar-refractivity contribution >= 4 is 33.1 Å². The molecule has 0 saturated heterocycles. The fourth-order valence-electron chi connectivity index (χ4n) is 0.729. The van der Waals surface area contributed by atoms with Gasteiger partial charge in [-0.25, -0.2) is 9.59 Å². The number of carboxylic acid groups (broad SMARTS) is 2. The summed E-state index contributed by atoms with van der Waals surface area (Å²) in [5.74, 6) is -3.65. The van der Waals surface area contributed by atoms with Crippen molar-refractivity contribution in [3.8, 4) is 0 Å². The molecule has 0 atom stereocenters. The molecule has 15 heavy (non-hydrogen) atoms. The fraction of sp³-hybridized carbons (Fsp3) is 0.800. The molecule has 0 bridgehead atoms. The van der Waals surface area contributed by atoms with Crippen molar-refractivity contribution < 1.29 is 19.8 Å². The summed E-state index contributed by atoms with van der Waals surface area (Å²) in [5.41, 5.74) is 0. The average Bonchev–Trinajstić information content (AvgIpc) is 2.18. The maximum atomic E-state index is 9.10. The Hall–Kier alpha value is -0.261. The summed E-state index contributed by atoms with van der Waals surface area (Å²) in [6, 6.07) is 0. The molecule has 2 radical (unpaired) electrons. The van der Waals surface area contributed by atoms with Crippen molar-refractivity contribution in [1.29, 1.82) is 0 Å². The van der Waals surface area contributed by atoms with Crippen LogP contribution in [0.3, 0.4) is 0 Å². The van der Waals surface area contributed by atoms with Gasteiger partial charge in [0.15, 0.2) is 0 Å². The third-order valence-electron chi connectivity index (χ3n) is 1.60. The molecular formula is C10H20O4Sn. The van der Waals surface area contributed by atoms with Gasteiger partial charge in [-0.05, 0) is 0 Å². The molecule has 0 aromatic carbocycles. The second-order valence-electron chi connectivity index (χ2n) is 3.07. The maximum absolute atomic E-state index is 9.10. The predicted octanol–water partition coefficient (Wildman–Crippen LogP) is 2.28. The first-order valence-corrected chi connectivity index (χ1v) is 9.26. The molecule has 0 heterocycles. The second-order valence-corrected chi connectivity index (χ2v) is 7.35. The maximum Gasteiger partial charge on any atom is 0.414 e. The van der Waals surface area contributed by atoms with E-state index in [1.54, 1.807) is 8.87 Å². The quantitative estimate of drug-likeness (QED) is 0.447. The topological polar surface area (TPSA) is 74.6 Å². The molecule has 0 aliphatic rings. The normalized spacial score (nSPS) is 8.93. The molecule has 0 rings (SSSR count). The van der Waals surface area contributed by atoms with Gasteiger partial charge in [-0.1, -0.05) is 0 Å². The Morgan fingerprint density at radius 1 is 0.933 bits per heavy atom. The Balaban J connectivity index is 0. The van der Waals surface area contributed by atoms with E-state index in [-0.39, 0.29) is 21.1 Å². The van der Waals surface area contributed by atoms with Crippen molar-refractivity contribution in [1.82, 2.24) is 0 Å². The van der Waals surface area contributed by atoms with Crippen LogP contribution in [0.1, 0.15) is 39.5 Å². The Kier molecular flexibility index (Phi) is 15.7. The Morgan fingerprint density at radius 2 is 1.27 bits per heavy atom. The van der Waals surface area contributed by atoms with Gasteiger partial charge in [0, 0.05) is 0 Å². The van der Waals surface area contributed by atoms with Gasteiger partial charge in [0.1, 0.15) is 0 Å². The van der Waals surface area contributed by atoms with E-state index in [1.807, 2.05) is 0 Å². The van der Waals surface area contributed by atoms with E-state index in [0.29, 0.717) is 0 Å². The first kappa shape index (κ1) is 17.1. The largest absolute Gasteiger partial charge is 0.473 e. The van der Waals surface area contributed by atoms with Gasteiger partial charge >= 0.3 is 81.5 Å². The molecular weight excluding hydrogens is 303 g/mol. The van der Waals surface area contributed by atoms with Crippen molar-refractivity contribution in [2.24, 2.45) is 0 Å². The van der Waals surface area contributed by atoms with Gasteiger partial charge in [-0.15, -0.1) is 0 Å². The number of rotatable bonds is 6. The first-order valence-electron chi connectivity index (χ1n) is 5.23. The van der Waals surface area contributed by atoms with Crippen molar-refractivity contribution in [3.63, 3.8) is 0 Å². The summed E-state index contributed by atoms with van der Waals surface area (Å²) in [7, 11) is 0. The molecule has 2 N–H and O–H groups in total. The molecule has 0 amide bonds. The van der Waals surface area contributed by atoms with E-state index in [4.69, 9.17) is 19.8 Å². The SMILES string of the molecule is CCC[CH2][Sn][CH2]CCC.O=C(O)C(=O)O. The summed E-state index contributed by atoms with van der Waals surface area (Å²) < 4.78 is 3.25. The van der Waals surface area contributed by atoms with E-state index in [2.05, 4.69) is 13.8 Å². The minimum absolute atomic E-state index is 0.149. The summed E-state index contributed by atoms with van der Waals surface area (Å²) >= 11 is 0.149. The number of hydrogen-bond donors (Lipinski definition) is 2. The van der Waals surface area contributed by atoms with E-state index in [1.165, 1.54) is 25.7 Å². The van der Waals surface area contributed by atoms with Crippen LogP contribution in [0.2, 0.25) is 8.87 Å². The molecule has 0 saturated carbocycles. The van der Waals surface area contributed by atoms with Crippen LogP contribution in [-0.4, -0.2) is 43.3 Å². The van der Waals surface area contributed by atoms with Crippen LogP contribution in [0.25, 0.3) is 0 Å². The van der Waals surface area contributed by atoms with Crippen molar-refractivity contribution in [3.05, 3.63) is 0 Å². The Labute approximate surface area is 101 Å². The molecule has 88 valence electrons. The summed E-state index contributed by atoms with van der Waals surface area (Å²) in [4.78, 5) is 18.2. The molecule has 0 aromatic rings. The van der Waals surface area contributed by atoms with Gasteiger partial charge in [-0.3, -0.25) is 0 Å². The van der Waals surface area contributed by atoms with E-state index < -0.39 is 11.9 Å². The predicted molar refractivity (Wildman–Crippen MR) is 60.5 cm³/mol. The molecule has 0 fully saturated rings. The average molecular weight is 323 g/mol. The molecule has 0 spiro atoms. The number of unbranched alkanes of at least 4 members (excludes halogenated alkanes) is 2. The first-order chi connectivity index (χ1) is 7.06.